The number of carboxylic acid groups (broad SMARTS) is 1. The Hall–Kier alpha value is -1.15. The molecule has 0 radical (unpaired) electrons. The molecule has 0 unspecified atom stereocenters. The molecule has 100 valence electrons. The fraction of sp³-hybridized carbons (Fsp3) is 0.250. The lowest BCUT2D eigenvalue weighted by Crippen LogP contribution is -2.05. The molecule has 19 heavy (non-hydrogen) atoms. The van der Waals surface area contributed by atoms with Crippen molar-refractivity contribution < 1.29 is 9.90 Å². The number of aryl methyl sites for hydroxylation is 1. The van der Waals surface area contributed by atoms with Gasteiger partial charge in [-0.3, -0.25) is 0 Å². The maximum absolute atomic E-state index is 11.0. The molecule has 1 N–H and O–H groups in total. The van der Waals surface area contributed by atoms with Gasteiger partial charge < -0.3 is 5.11 Å². The molecule has 0 aliphatic rings. The SMILES string of the molecule is CCCc1nc(C(=O)O)nn1-c1ccc(Cl)cc1I. The molecule has 7 heteroatoms. The van der Waals surface area contributed by atoms with Gasteiger partial charge in [0.25, 0.3) is 5.82 Å². The van der Waals surface area contributed by atoms with Gasteiger partial charge in [0, 0.05) is 15.0 Å². The zero-order valence-corrected chi connectivity index (χ0v) is 13.0. The number of hydrogen-bond donors (Lipinski definition) is 1. The van der Waals surface area contributed by atoms with Crippen LogP contribution in [0.3, 0.4) is 0 Å². The predicted molar refractivity (Wildman–Crippen MR) is 80.0 cm³/mol. The lowest BCUT2D eigenvalue weighted by Gasteiger charge is -2.07. The highest BCUT2D eigenvalue weighted by atomic mass is 127. The van der Waals surface area contributed by atoms with Gasteiger partial charge in [-0.05, 0) is 47.2 Å². The van der Waals surface area contributed by atoms with Crippen molar-refractivity contribution in [2.75, 3.05) is 0 Å². The minimum Gasteiger partial charge on any atom is -0.475 e. The molecule has 0 bridgehead atoms. The van der Waals surface area contributed by atoms with E-state index in [9.17, 15) is 4.79 Å². The van der Waals surface area contributed by atoms with E-state index in [4.69, 9.17) is 16.7 Å². The highest BCUT2D eigenvalue weighted by molar-refractivity contribution is 14.1. The van der Waals surface area contributed by atoms with Crippen molar-refractivity contribution in [2.45, 2.75) is 19.8 Å². The van der Waals surface area contributed by atoms with Crippen LogP contribution in [0.25, 0.3) is 5.69 Å². The molecule has 5 nitrogen and oxygen atoms in total. The number of nitrogens with zero attached hydrogens (tertiary/aromatic N) is 3. The van der Waals surface area contributed by atoms with E-state index in [2.05, 4.69) is 32.7 Å². The number of halogens is 2. The molecule has 0 saturated heterocycles. The number of rotatable bonds is 4. The van der Waals surface area contributed by atoms with E-state index in [0.29, 0.717) is 17.3 Å². The lowest BCUT2D eigenvalue weighted by molar-refractivity contribution is 0.0683. The van der Waals surface area contributed by atoms with E-state index < -0.39 is 5.97 Å². The Morgan fingerprint density at radius 3 is 2.84 bits per heavy atom. The van der Waals surface area contributed by atoms with Crippen molar-refractivity contribution in [2.24, 2.45) is 0 Å². The summed E-state index contributed by atoms with van der Waals surface area (Å²) in [5.74, 6) is -0.672. The highest BCUT2D eigenvalue weighted by Crippen LogP contribution is 2.22. The number of benzene rings is 1. The second kappa shape index (κ2) is 5.87. The van der Waals surface area contributed by atoms with Crippen LogP contribution >= 0.6 is 34.2 Å². The Kier molecular flexibility index (Phi) is 4.41. The zero-order chi connectivity index (χ0) is 14.0. The van der Waals surface area contributed by atoms with Gasteiger partial charge in [-0.1, -0.05) is 18.5 Å². The fourth-order valence-electron chi connectivity index (χ4n) is 1.67. The Bertz CT molecular complexity index is 627. The summed E-state index contributed by atoms with van der Waals surface area (Å²) in [4.78, 5) is 15.0. The summed E-state index contributed by atoms with van der Waals surface area (Å²) >= 11 is 8.06. The third kappa shape index (κ3) is 3.06. The van der Waals surface area contributed by atoms with Gasteiger partial charge in [0.2, 0.25) is 0 Å². The van der Waals surface area contributed by atoms with Gasteiger partial charge in [0.05, 0.1) is 5.69 Å². The van der Waals surface area contributed by atoms with E-state index in [1.807, 2.05) is 13.0 Å². The van der Waals surface area contributed by atoms with Crippen LogP contribution in [0.1, 0.15) is 29.8 Å². The van der Waals surface area contributed by atoms with Crippen molar-refractivity contribution in [1.29, 1.82) is 0 Å². The molecule has 0 amide bonds. The molecular formula is C12H11ClIN3O2. The quantitative estimate of drug-likeness (QED) is 0.813. The molecule has 1 heterocycles. The maximum atomic E-state index is 11.0. The van der Waals surface area contributed by atoms with E-state index in [0.717, 1.165) is 15.7 Å². The van der Waals surface area contributed by atoms with Crippen molar-refractivity contribution in [3.63, 3.8) is 0 Å². The molecular weight excluding hydrogens is 381 g/mol. The second-order valence-electron chi connectivity index (χ2n) is 3.91. The third-order valence-electron chi connectivity index (χ3n) is 2.48. The summed E-state index contributed by atoms with van der Waals surface area (Å²) in [7, 11) is 0. The molecule has 0 spiro atoms. The number of carbonyl (C=O) groups is 1. The van der Waals surface area contributed by atoms with Gasteiger partial charge in [-0.25, -0.2) is 14.5 Å². The van der Waals surface area contributed by atoms with Crippen LogP contribution in [0.5, 0.6) is 0 Å². The van der Waals surface area contributed by atoms with Crippen LogP contribution in [0, 0.1) is 3.57 Å². The Labute approximate surface area is 128 Å². The molecule has 0 fully saturated rings. The van der Waals surface area contributed by atoms with Crippen molar-refractivity contribution in [3.05, 3.63) is 38.4 Å². The molecule has 0 aliphatic heterocycles. The van der Waals surface area contributed by atoms with Crippen molar-refractivity contribution in [3.8, 4) is 5.69 Å². The summed E-state index contributed by atoms with van der Waals surface area (Å²) < 4.78 is 2.47. The fourth-order valence-corrected chi connectivity index (χ4v) is 2.77. The van der Waals surface area contributed by atoms with Crippen LogP contribution in [-0.2, 0) is 6.42 Å². The summed E-state index contributed by atoms with van der Waals surface area (Å²) in [6.07, 6.45) is 1.53. The number of aromatic carboxylic acids is 1. The predicted octanol–water partition coefficient (Wildman–Crippen LogP) is 3.18. The van der Waals surface area contributed by atoms with Crippen LogP contribution < -0.4 is 0 Å². The first-order valence-corrected chi connectivity index (χ1v) is 7.13. The van der Waals surface area contributed by atoms with Gasteiger partial charge in [0.15, 0.2) is 0 Å². The summed E-state index contributed by atoms with van der Waals surface area (Å²) in [5, 5.41) is 13.7. The molecule has 1 aromatic carbocycles. The zero-order valence-electron chi connectivity index (χ0n) is 10.1. The number of hydrogen-bond acceptors (Lipinski definition) is 3. The third-order valence-corrected chi connectivity index (χ3v) is 3.58. The normalized spacial score (nSPS) is 10.7. The van der Waals surface area contributed by atoms with Crippen LogP contribution in [-0.4, -0.2) is 25.8 Å². The average Bonchev–Trinajstić information content (AvgIpc) is 2.74. The Morgan fingerprint density at radius 2 is 2.26 bits per heavy atom. The van der Waals surface area contributed by atoms with E-state index in [1.165, 1.54) is 0 Å². The molecule has 0 aliphatic carbocycles. The average molecular weight is 392 g/mol. The van der Waals surface area contributed by atoms with Crippen LogP contribution in [0.4, 0.5) is 0 Å². The smallest absolute Gasteiger partial charge is 0.375 e. The molecule has 2 rings (SSSR count). The van der Waals surface area contributed by atoms with Crippen LogP contribution in [0.15, 0.2) is 18.2 Å². The summed E-state index contributed by atoms with van der Waals surface area (Å²) in [5.41, 5.74) is 0.786. The summed E-state index contributed by atoms with van der Waals surface area (Å²) in [6.45, 7) is 2.01. The molecule has 2 aromatic rings. The minimum absolute atomic E-state index is 0.186. The van der Waals surface area contributed by atoms with Crippen molar-refractivity contribution in [1.82, 2.24) is 14.8 Å². The van der Waals surface area contributed by atoms with Gasteiger partial charge in [0.1, 0.15) is 5.82 Å². The largest absolute Gasteiger partial charge is 0.475 e. The van der Waals surface area contributed by atoms with Crippen LogP contribution in [0.2, 0.25) is 5.02 Å². The summed E-state index contributed by atoms with van der Waals surface area (Å²) in [6, 6.07) is 5.36. The topological polar surface area (TPSA) is 68.0 Å². The molecule has 0 saturated carbocycles. The Balaban J connectivity index is 2.56. The first kappa shape index (κ1) is 14.3. The lowest BCUT2D eigenvalue weighted by atomic mass is 10.3. The Morgan fingerprint density at radius 1 is 1.53 bits per heavy atom. The molecule has 0 atom stereocenters. The van der Waals surface area contributed by atoms with E-state index >= 15 is 0 Å². The maximum Gasteiger partial charge on any atom is 0.375 e. The van der Waals surface area contributed by atoms with Crippen molar-refractivity contribution >= 4 is 40.2 Å². The standard InChI is InChI=1S/C12H11ClIN3O2/c1-2-3-10-15-11(12(18)19)16-17(10)9-5-4-7(13)6-8(9)14/h4-6H,2-3H2,1H3,(H,18,19). The van der Waals surface area contributed by atoms with Gasteiger partial charge in [-0.15, -0.1) is 5.10 Å². The molecule has 1 aromatic heterocycles. The van der Waals surface area contributed by atoms with Gasteiger partial charge in [-0.2, -0.15) is 0 Å². The first-order chi connectivity index (χ1) is 9.02. The highest BCUT2D eigenvalue weighted by Gasteiger charge is 2.17. The van der Waals surface area contributed by atoms with Gasteiger partial charge >= 0.3 is 5.97 Å². The first-order valence-electron chi connectivity index (χ1n) is 5.67. The monoisotopic (exact) mass is 391 g/mol. The minimum atomic E-state index is -1.12. The second-order valence-corrected chi connectivity index (χ2v) is 5.51. The number of aromatic nitrogens is 3. The van der Waals surface area contributed by atoms with E-state index in [-0.39, 0.29) is 5.82 Å². The number of carboxylic acids is 1. The van der Waals surface area contributed by atoms with E-state index in [1.54, 1.807) is 16.8 Å².